The van der Waals surface area contributed by atoms with Crippen LogP contribution in [0, 0.1) is 50.7 Å². The summed E-state index contributed by atoms with van der Waals surface area (Å²) in [5.41, 5.74) is -3.99. The predicted molar refractivity (Wildman–Crippen MR) is 157 cm³/mol. The van der Waals surface area contributed by atoms with Gasteiger partial charge < -0.3 is 24.8 Å². The molecule has 12 unspecified atom stereocenters. The lowest BCUT2D eigenvalue weighted by molar-refractivity contribution is -0.252. The molecule has 0 bridgehead atoms. The number of aliphatic hydroxyl groups is 1. The quantitative estimate of drug-likeness (QED) is 0.285. The summed E-state index contributed by atoms with van der Waals surface area (Å²) in [6.45, 7) is 14.6. The van der Waals surface area contributed by atoms with Crippen molar-refractivity contribution in [1.82, 2.24) is 0 Å². The van der Waals surface area contributed by atoms with E-state index in [2.05, 4.69) is 26.8 Å². The second-order valence-electron chi connectivity index (χ2n) is 15.8. The van der Waals surface area contributed by atoms with Crippen LogP contribution in [0.4, 0.5) is 0 Å². The maximum Gasteiger partial charge on any atom is 0.313 e. The Bertz CT molecular complexity index is 1270. The van der Waals surface area contributed by atoms with E-state index < -0.39 is 69.3 Å². The zero-order chi connectivity index (χ0) is 32.1. The van der Waals surface area contributed by atoms with Crippen LogP contribution in [-0.4, -0.2) is 57.0 Å². The zero-order valence-corrected chi connectivity index (χ0v) is 27.0. The molecule has 0 saturated heterocycles. The number of allylic oxidation sites excluding steroid dienone is 1. The fourth-order valence-corrected chi connectivity index (χ4v) is 11.6. The van der Waals surface area contributed by atoms with Crippen molar-refractivity contribution in [2.45, 2.75) is 125 Å². The van der Waals surface area contributed by atoms with Crippen LogP contribution < -0.4 is 0 Å². The smallest absolute Gasteiger partial charge is 0.313 e. The minimum absolute atomic E-state index is 0.00852. The van der Waals surface area contributed by atoms with Crippen LogP contribution in [0.2, 0.25) is 0 Å². The Labute approximate surface area is 254 Å². The molecule has 0 aromatic carbocycles. The van der Waals surface area contributed by atoms with Gasteiger partial charge in [-0.15, -0.1) is 0 Å². The van der Waals surface area contributed by atoms with Crippen LogP contribution in [0.1, 0.15) is 107 Å². The molecule has 4 saturated carbocycles. The standard InChI is InChI=1S/C34H50O9/c1-18-11-14-34(28(39)40)16-15-30(5)21(25(34)33(18,8)41)9-10-23-29(4)17-22(42-19(2)35)26(43-20(3)36)32(7,27(37)38)24(29)12-13-31(23,30)6/h9,18,22-26,41H,10-17H2,1-8H3,(H,37,38)(H,39,40). The summed E-state index contributed by atoms with van der Waals surface area (Å²) in [5, 5.41) is 33.4. The summed E-state index contributed by atoms with van der Waals surface area (Å²) in [7, 11) is 0. The first-order valence-electron chi connectivity index (χ1n) is 16.0. The Morgan fingerprint density at radius 2 is 1.47 bits per heavy atom. The van der Waals surface area contributed by atoms with Gasteiger partial charge in [0.15, 0.2) is 6.10 Å². The monoisotopic (exact) mass is 602 g/mol. The molecule has 12 atom stereocenters. The van der Waals surface area contributed by atoms with Crippen molar-refractivity contribution in [2.24, 2.45) is 50.7 Å². The highest BCUT2D eigenvalue weighted by atomic mass is 16.6. The predicted octanol–water partition coefficient (Wildman–Crippen LogP) is 5.38. The molecule has 5 aliphatic carbocycles. The van der Waals surface area contributed by atoms with Gasteiger partial charge >= 0.3 is 23.9 Å². The molecule has 9 heteroatoms. The first-order chi connectivity index (χ1) is 19.7. The van der Waals surface area contributed by atoms with Gasteiger partial charge in [0.2, 0.25) is 0 Å². The van der Waals surface area contributed by atoms with Crippen LogP contribution >= 0.6 is 0 Å². The van der Waals surface area contributed by atoms with Crippen LogP contribution in [-0.2, 0) is 28.7 Å². The summed E-state index contributed by atoms with van der Waals surface area (Å²) in [6, 6.07) is 0. The molecule has 0 aliphatic heterocycles. The van der Waals surface area contributed by atoms with E-state index in [4.69, 9.17) is 9.47 Å². The van der Waals surface area contributed by atoms with Gasteiger partial charge in [0, 0.05) is 19.8 Å². The largest absolute Gasteiger partial charge is 0.481 e. The SMILES string of the molecule is CC(=O)OC1CC2(C)C(CCC3(C)C2CC=C2C4C(C(=O)O)(CCC(C)C4(C)O)CCC23C)C(C)(C(=O)O)C1OC(C)=O. The molecule has 3 N–H and O–H groups in total. The fourth-order valence-electron chi connectivity index (χ4n) is 11.6. The third-order valence-corrected chi connectivity index (χ3v) is 14.1. The van der Waals surface area contributed by atoms with E-state index in [1.807, 2.05) is 13.8 Å². The van der Waals surface area contributed by atoms with E-state index in [1.165, 1.54) is 13.8 Å². The normalized spacial score (nSPS) is 50.5. The highest BCUT2D eigenvalue weighted by molar-refractivity contribution is 5.78. The Hall–Kier alpha value is -2.42. The third-order valence-electron chi connectivity index (χ3n) is 14.1. The van der Waals surface area contributed by atoms with Crippen LogP contribution in [0.3, 0.4) is 0 Å². The van der Waals surface area contributed by atoms with E-state index in [0.717, 1.165) is 5.57 Å². The lowest BCUT2D eigenvalue weighted by atomic mass is 9.33. The summed E-state index contributed by atoms with van der Waals surface area (Å²) >= 11 is 0. The highest BCUT2D eigenvalue weighted by Crippen LogP contribution is 2.76. The Balaban J connectivity index is 1.66. The second kappa shape index (κ2) is 9.79. The second-order valence-corrected chi connectivity index (χ2v) is 15.8. The van der Waals surface area contributed by atoms with Gasteiger partial charge in [-0.05, 0) is 99.2 Å². The Morgan fingerprint density at radius 3 is 2.02 bits per heavy atom. The van der Waals surface area contributed by atoms with E-state index >= 15 is 0 Å². The molecule has 240 valence electrons. The number of aliphatic carboxylic acids is 2. The van der Waals surface area contributed by atoms with Crippen molar-refractivity contribution in [1.29, 1.82) is 0 Å². The van der Waals surface area contributed by atoms with E-state index in [9.17, 15) is 34.5 Å². The summed E-state index contributed by atoms with van der Waals surface area (Å²) in [6.07, 6.45) is 4.73. The molecular weight excluding hydrogens is 552 g/mol. The van der Waals surface area contributed by atoms with Gasteiger partial charge in [0.1, 0.15) is 11.5 Å². The molecule has 4 fully saturated rings. The molecule has 5 aliphatic rings. The van der Waals surface area contributed by atoms with Gasteiger partial charge in [-0.1, -0.05) is 39.3 Å². The van der Waals surface area contributed by atoms with Crippen LogP contribution in [0.15, 0.2) is 11.6 Å². The van der Waals surface area contributed by atoms with Gasteiger partial charge in [-0.3, -0.25) is 19.2 Å². The molecule has 0 radical (unpaired) electrons. The van der Waals surface area contributed by atoms with Crippen LogP contribution in [0.25, 0.3) is 0 Å². The van der Waals surface area contributed by atoms with Crippen LogP contribution in [0.5, 0.6) is 0 Å². The first-order valence-corrected chi connectivity index (χ1v) is 16.0. The number of ether oxygens (including phenoxy) is 2. The Kier molecular flexibility index (Phi) is 7.28. The van der Waals surface area contributed by atoms with Crippen molar-refractivity contribution < 1.29 is 44.0 Å². The average molecular weight is 603 g/mol. The number of carboxylic acid groups (broad SMARTS) is 2. The number of carboxylic acids is 2. The number of esters is 2. The molecule has 0 aromatic heterocycles. The summed E-state index contributed by atoms with van der Waals surface area (Å²) in [4.78, 5) is 50.6. The van der Waals surface area contributed by atoms with Crippen molar-refractivity contribution in [3.63, 3.8) is 0 Å². The van der Waals surface area contributed by atoms with E-state index in [-0.39, 0.29) is 23.2 Å². The molecule has 0 heterocycles. The summed E-state index contributed by atoms with van der Waals surface area (Å²) < 4.78 is 11.4. The molecule has 43 heavy (non-hydrogen) atoms. The molecule has 5 rings (SSSR count). The minimum atomic E-state index is -1.49. The number of rotatable bonds is 4. The number of hydrogen-bond donors (Lipinski definition) is 3. The van der Waals surface area contributed by atoms with Gasteiger partial charge in [-0.25, -0.2) is 0 Å². The fraction of sp³-hybridized carbons (Fsp3) is 0.824. The molecular formula is C34H50O9. The molecule has 0 amide bonds. The zero-order valence-electron chi connectivity index (χ0n) is 27.0. The Morgan fingerprint density at radius 1 is 0.837 bits per heavy atom. The molecule has 0 spiro atoms. The lowest BCUT2D eigenvalue weighted by Crippen LogP contribution is -2.70. The minimum Gasteiger partial charge on any atom is -0.481 e. The number of carbonyl (C=O) groups is 4. The lowest BCUT2D eigenvalue weighted by Gasteiger charge is -2.71. The summed E-state index contributed by atoms with van der Waals surface area (Å²) in [5.74, 6) is -4.01. The number of fused-ring (bicyclic) bond motifs is 7. The van der Waals surface area contributed by atoms with Crippen molar-refractivity contribution in [3.8, 4) is 0 Å². The first kappa shape index (κ1) is 32.0. The van der Waals surface area contributed by atoms with Gasteiger partial charge in [0.05, 0.1) is 11.0 Å². The molecule has 0 aromatic rings. The molecule has 9 nitrogen and oxygen atoms in total. The highest BCUT2D eigenvalue weighted by Gasteiger charge is 2.74. The van der Waals surface area contributed by atoms with Gasteiger partial charge in [0.25, 0.3) is 0 Å². The maximum atomic E-state index is 13.2. The third kappa shape index (κ3) is 4.04. The number of hydrogen-bond acceptors (Lipinski definition) is 7. The van der Waals surface area contributed by atoms with E-state index in [1.54, 1.807) is 6.92 Å². The van der Waals surface area contributed by atoms with Crippen molar-refractivity contribution in [3.05, 3.63) is 11.6 Å². The average Bonchev–Trinajstić information content (AvgIpc) is 2.88. The van der Waals surface area contributed by atoms with Gasteiger partial charge in [-0.2, -0.15) is 0 Å². The topological polar surface area (TPSA) is 147 Å². The van der Waals surface area contributed by atoms with Crippen molar-refractivity contribution >= 4 is 23.9 Å². The maximum absolute atomic E-state index is 13.2. The van der Waals surface area contributed by atoms with Crippen molar-refractivity contribution in [2.75, 3.05) is 0 Å². The number of carbonyl (C=O) groups excluding carboxylic acids is 2. The van der Waals surface area contributed by atoms with E-state index in [0.29, 0.717) is 51.4 Å².